The van der Waals surface area contributed by atoms with Crippen LogP contribution in [0.1, 0.15) is 23.1 Å². The zero-order valence-corrected chi connectivity index (χ0v) is 11.6. The Hall–Kier alpha value is -1.06. The van der Waals surface area contributed by atoms with Crippen LogP contribution in [0.15, 0.2) is 12.1 Å². The number of methoxy groups -OCH3 is 1. The summed E-state index contributed by atoms with van der Waals surface area (Å²) in [5.41, 5.74) is 3.81. The van der Waals surface area contributed by atoms with E-state index < -0.39 is 0 Å². The van der Waals surface area contributed by atoms with Gasteiger partial charge in [-0.15, -0.1) is 0 Å². The van der Waals surface area contributed by atoms with Crippen LogP contribution in [0.2, 0.25) is 0 Å². The summed E-state index contributed by atoms with van der Waals surface area (Å²) in [6, 6.07) is 4.39. The van der Waals surface area contributed by atoms with Crippen molar-refractivity contribution in [2.75, 3.05) is 26.8 Å². The molecule has 2 rings (SSSR count). The van der Waals surface area contributed by atoms with Crippen LogP contribution in [-0.2, 0) is 11.2 Å². The Kier molecular flexibility index (Phi) is 4.61. The molecule has 1 heterocycles. The molecule has 0 saturated carbocycles. The summed E-state index contributed by atoms with van der Waals surface area (Å²) in [5.74, 6) is 1.03. The predicted molar refractivity (Wildman–Crippen MR) is 73.4 cm³/mol. The number of benzene rings is 1. The zero-order chi connectivity index (χ0) is 13.0. The van der Waals surface area contributed by atoms with E-state index in [-0.39, 0.29) is 0 Å². The first-order valence-electron chi connectivity index (χ1n) is 6.67. The van der Waals surface area contributed by atoms with Crippen molar-refractivity contribution in [3.8, 4) is 5.75 Å². The van der Waals surface area contributed by atoms with Crippen LogP contribution in [0.25, 0.3) is 0 Å². The molecule has 1 atom stereocenters. The molecule has 0 bridgehead atoms. The molecule has 3 nitrogen and oxygen atoms in total. The average molecular weight is 249 g/mol. The third-order valence-electron chi connectivity index (χ3n) is 3.44. The van der Waals surface area contributed by atoms with Crippen LogP contribution in [0.3, 0.4) is 0 Å². The second-order valence-electron chi connectivity index (χ2n) is 5.01. The van der Waals surface area contributed by atoms with E-state index in [0.717, 1.165) is 38.3 Å². The minimum Gasteiger partial charge on any atom is -0.496 e. The third-order valence-corrected chi connectivity index (χ3v) is 3.44. The van der Waals surface area contributed by atoms with E-state index in [1.165, 1.54) is 16.7 Å². The van der Waals surface area contributed by atoms with E-state index in [4.69, 9.17) is 9.47 Å². The normalized spacial score (nSPS) is 19.8. The summed E-state index contributed by atoms with van der Waals surface area (Å²) in [6.07, 6.45) is 2.40. The van der Waals surface area contributed by atoms with Gasteiger partial charge in [0.05, 0.1) is 19.8 Å². The third kappa shape index (κ3) is 3.24. The summed E-state index contributed by atoms with van der Waals surface area (Å²) in [5, 5.41) is 3.37. The molecule has 0 spiro atoms. The number of aryl methyl sites for hydroxylation is 3. The van der Waals surface area contributed by atoms with Crippen LogP contribution in [-0.4, -0.2) is 32.9 Å². The topological polar surface area (TPSA) is 30.5 Å². The van der Waals surface area contributed by atoms with Gasteiger partial charge in [-0.2, -0.15) is 0 Å². The van der Waals surface area contributed by atoms with Gasteiger partial charge in [-0.1, -0.05) is 17.7 Å². The first kappa shape index (κ1) is 13.4. The number of hydrogen-bond acceptors (Lipinski definition) is 3. The fourth-order valence-electron chi connectivity index (χ4n) is 2.64. The molecule has 1 saturated heterocycles. The molecule has 0 amide bonds. The Bertz CT molecular complexity index is 398. The maximum atomic E-state index is 5.73. The smallest absolute Gasteiger partial charge is 0.124 e. The van der Waals surface area contributed by atoms with E-state index in [2.05, 4.69) is 31.3 Å². The molecule has 1 aliphatic heterocycles. The second-order valence-corrected chi connectivity index (χ2v) is 5.01. The molecule has 1 fully saturated rings. The van der Waals surface area contributed by atoms with E-state index >= 15 is 0 Å². The van der Waals surface area contributed by atoms with Gasteiger partial charge in [0.25, 0.3) is 0 Å². The molecule has 0 aliphatic carbocycles. The van der Waals surface area contributed by atoms with Gasteiger partial charge in [-0.25, -0.2) is 0 Å². The molecular formula is C15H23NO2. The fraction of sp³-hybridized carbons (Fsp3) is 0.600. The Morgan fingerprint density at radius 2 is 2.22 bits per heavy atom. The van der Waals surface area contributed by atoms with Gasteiger partial charge in [0.1, 0.15) is 5.75 Å². The highest BCUT2D eigenvalue weighted by molar-refractivity contribution is 5.43. The molecule has 0 radical (unpaired) electrons. The maximum absolute atomic E-state index is 5.73. The molecule has 1 aromatic carbocycles. The number of ether oxygens (including phenoxy) is 2. The fourth-order valence-corrected chi connectivity index (χ4v) is 2.64. The van der Waals surface area contributed by atoms with Crippen molar-refractivity contribution in [2.45, 2.75) is 32.8 Å². The van der Waals surface area contributed by atoms with Crippen molar-refractivity contribution in [3.63, 3.8) is 0 Å². The molecule has 1 N–H and O–H groups in total. The van der Waals surface area contributed by atoms with Gasteiger partial charge in [0.15, 0.2) is 0 Å². The molecule has 1 aromatic rings. The molecule has 1 aliphatic rings. The highest BCUT2D eigenvalue weighted by Gasteiger charge is 2.15. The summed E-state index contributed by atoms with van der Waals surface area (Å²) in [4.78, 5) is 0. The minimum absolute atomic E-state index is 0.337. The number of nitrogens with one attached hydrogen (secondary N) is 1. The van der Waals surface area contributed by atoms with Gasteiger partial charge in [0, 0.05) is 13.1 Å². The van der Waals surface area contributed by atoms with Crippen molar-refractivity contribution in [2.24, 2.45) is 0 Å². The van der Waals surface area contributed by atoms with Gasteiger partial charge < -0.3 is 14.8 Å². The molecule has 1 unspecified atom stereocenters. The summed E-state index contributed by atoms with van der Waals surface area (Å²) in [7, 11) is 1.75. The standard InChI is InChI=1S/C15H23NO2/c1-11-8-12(2)15(17-3)13(9-11)4-5-14-10-16-6-7-18-14/h8-9,14,16H,4-7,10H2,1-3H3. The predicted octanol–water partition coefficient (Wildman–Crippen LogP) is 2.23. The quantitative estimate of drug-likeness (QED) is 0.887. The molecule has 100 valence electrons. The second kappa shape index (κ2) is 6.21. The van der Waals surface area contributed by atoms with Crippen molar-refractivity contribution in [1.82, 2.24) is 5.32 Å². The van der Waals surface area contributed by atoms with Crippen molar-refractivity contribution < 1.29 is 9.47 Å². The molecule has 18 heavy (non-hydrogen) atoms. The van der Waals surface area contributed by atoms with Crippen molar-refractivity contribution >= 4 is 0 Å². The lowest BCUT2D eigenvalue weighted by Gasteiger charge is -2.24. The SMILES string of the molecule is COc1c(C)cc(C)cc1CCC1CNCCO1. The Balaban J connectivity index is 2.03. The lowest BCUT2D eigenvalue weighted by Crippen LogP contribution is -2.38. The Labute approximate surface area is 109 Å². The van der Waals surface area contributed by atoms with Crippen molar-refractivity contribution in [3.05, 3.63) is 28.8 Å². The molecule has 3 heteroatoms. The summed E-state index contributed by atoms with van der Waals surface area (Å²) >= 11 is 0. The van der Waals surface area contributed by atoms with Crippen molar-refractivity contribution in [1.29, 1.82) is 0 Å². The highest BCUT2D eigenvalue weighted by atomic mass is 16.5. The Morgan fingerprint density at radius 1 is 1.39 bits per heavy atom. The van der Waals surface area contributed by atoms with E-state index in [1.54, 1.807) is 7.11 Å². The van der Waals surface area contributed by atoms with Gasteiger partial charge >= 0.3 is 0 Å². The first-order valence-corrected chi connectivity index (χ1v) is 6.67. The van der Waals surface area contributed by atoms with E-state index in [0.29, 0.717) is 6.10 Å². The minimum atomic E-state index is 0.337. The van der Waals surface area contributed by atoms with Crippen LogP contribution >= 0.6 is 0 Å². The lowest BCUT2D eigenvalue weighted by atomic mass is 10.00. The molecule has 0 aromatic heterocycles. The van der Waals surface area contributed by atoms with Gasteiger partial charge in [-0.05, 0) is 37.8 Å². The van der Waals surface area contributed by atoms with Crippen LogP contribution in [0.4, 0.5) is 0 Å². The van der Waals surface area contributed by atoms with E-state index in [1.807, 2.05) is 0 Å². The average Bonchev–Trinajstić information content (AvgIpc) is 2.37. The van der Waals surface area contributed by atoms with Crippen LogP contribution in [0.5, 0.6) is 5.75 Å². The van der Waals surface area contributed by atoms with Crippen LogP contribution < -0.4 is 10.1 Å². The monoisotopic (exact) mass is 249 g/mol. The van der Waals surface area contributed by atoms with E-state index in [9.17, 15) is 0 Å². The largest absolute Gasteiger partial charge is 0.496 e. The zero-order valence-electron chi connectivity index (χ0n) is 11.6. The number of morpholine rings is 1. The number of hydrogen-bond donors (Lipinski definition) is 1. The summed E-state index contributed by atoms with van der Waals surface area (Å²) < 4.78 is 11.2. The number of rotatable bonds is 4. The van der Waals surface area contributed by atoms with Crippen LogP contribution in [0, 0.1) is 13.8 Å². The first-order chi connectivity index (χ1) is 8.70. The summed E-state index contributed by atoms with van der Waals surface area (Å²) in [6.45, 7) is 7.01. The Morgan fingerprint density at radius 3 is 2.89 bits per heavy atom. The highest BCUT2D eigenvalue weighted by Crippen LogP contribution is 2.26. The maximum Gasteiger partial charge on any atom is 0.124 e. The van der Waals surface area contributed by atoms with Gasteiger partial charge in [-0.3, -0.25) is 0 Å². The lowest BCUT2D eigenvalue weighted by molar-refractivity contribution is 0.0237. The molecular weight excluding hydrogens is 226 g/mol. The van der Waals surface area contributed by atoms with Gasteiger partial charge in [0.2, 0.25) is 0 Å².